The SMILES string of the molecule is Cc1cc2cc(NC(=O)N3CCCC[C@@H]3c3ccccn3)ccc2o1. The van der Waals surface area contributed by atoms with Gasteiger partial charge in [0.2, 0.25) is 0 Å². The Morgan fingerprint density at radius 1 is 1.24 bits per heavy atom. The molecule has 1 aliphatic rings. The third-order valence-corrected chi connectivity index (χ3v) is 4.68. The lowest BCUT2D eigenvalue weighted by molar-refractivity contribution is 0.161. The molecule has 1 aliphatic heterocycles. The van der Waals surface area contributed by atoms with Crippen molar-refractivity contribution < 1.29 is 9.21 Å². The smallest absolute Gasteiger partial charge is 0.322 e. The van der Waals surface area contributed by atoms with Crippen molar-refractivity contribution in [2.75, 3.05) is 11.9 Å². The molecule has 1 fully saturated rings. The van der Waals surface area contributed by atoms with Crippen LogP contribution in [0.3, 0.4) is 0 Å². The molecule has 5 heteroatoms. The van der Waals surface area contributed by atoms with Gasteiger partial charge in [0.05, 0.1) is 11.7 Å². The zero-order chi connectivity index (χ0) is 17.2. The first kappa shape index (κ1) is 15.7. The van der Waals surface area contributed by atoms with Crippen molar-refractivity contribution in [2.45, 2.75) is 32.2 Å². The highest BCUT2D eigenvalue weighted by molar-refractivity contribution is 5.92. The lowest BCUT2D eigenvalue weighted by Gasteiger charge is -2.35. The second-order valence-corrected chi connectivity index (χ2v) is 6.50. The molecule has 0 unspecified atom stereocenters. The van der Waals surface area contributed by atoms with Gasteiger partial charge < -0.3 is 14.6 Å². The molecule has 4 rings (SSSR count). The van der Waals surface area contributed by atoms with E-state index < -0.39 is 0 Å². The Morgan fingerprint density at radius 3 is 3.00 bits per heavy atom. The highest BCUT2D eigenvalue weighted by Gasteiger charge is 2.28. The summed E-state index contributed by atoms with van der Waals surface area (Å²) in [7, 11) is 0. The summed E-state index contributed by atoms with van der Waals surface area (Å²) in [4.78, 5) is 19.2. The monoisotopic (exact) mass is 335 g/mol. The number of urea groups is 1. The van der Waals surface area contributed by atoms with Crippen molar-refractivity contribution in [1.29, 1.82) is 0 Å². The fourth-order valence-corrected chi connectivity index (χ4v) is 3.50. The number of nitrogens with one attached hydrogen (secondary N) is 1. The molecule has 0 radical (unpaired) electrons. The van der Waals surface area contributed by atoms with E-state index in [1.165, 1.54) is 0 Å². The first-order valence-corrected chi connectivity index (χ1v) is 8.69. The minimum absolute atomic E-state index is 0.0369. The predicted octanol–water partition coefficient (Wildman–Crippen LogP) is 4.90. The van der Waals surface area contributed by atoms with Gasteiger partial charge in [0, 0.05) is 23.8 Å². The minimum atomic E-state index is -0.0741. The number of hydrogen-bond acceptors (Lipinski definition) is 3. The topological polar surface area (TPSA) is 58.4 Å². The van der Waals surface area contributed by atoms with E-state index >= 15 is 0 Å². The highest BCUT2D eigenvalue weighted by atomic mass is 16.3. The fourth-order valence-electron chi connectivity index (χ4n) is 3.50. The number of likely N-dealkylation sites (tertiary alicyclic amines) is 1. The number of piperidine rings is 1. The molecule has 3 heterocycles. The molecule has 0 aliphatic carbocycles. The van der Waals surface area contributed by atoms with Crippen LogP contribution in [0.2, 0.25) is 0 Å². The quantitative estimate of drug-likeness (QED) is 0.725. The Labute approximate surface area is 146 Å². The van der Waals surface area contributed by atoms with Gasteiger partial charge in [-0.3, -0.25) is 4.98 Å². The molecule has 0 bridgehead atoms. The van der Waals surface area contributed by atoms with E-state index in [4.69, 9.17) is 4.42 Å². The number of anilines is 1. The zero-order valence-corrected chi connectivity index (χ0v) is 14.2. The van der Waals surface area contributed by atoms with E-state index in [1.807, 2.05) is 54.3 Å². The molecule has 1 aromatic carbocycles. The summed E-state index contributed by atoms with van der Waals surface area (Å²) in [5.41, 5.74) is 2.57. The van der Waals surface area contributed by atoms with Gasteiger partial charge in [-0.1, -0.05) is 6.07 Å². The minimum Gasteiger partial charge on any atom is -0.461 e. The number of nitrogens with zero attached hydrogens (tertiary/aromatic N) is 2. The number of carbonyl (C=O) groups excluding carboxylic acids is 1. The number of aryl methyl sites for hydroxylation is 1. The summed E-state index contributed by atoms with van der Waals surface area (Å²) >= 11 is 0. The fraction of sp³-hybridized carbons (Fsp3) is 0.300. The number of fused-ring (bicyclic) bond motifs is 1. The molecule has 2 amide bonds. The van der Waals surface area contributed by atoms with Crippen LogP contribution in [0.1, 0.15) is 36.8 Å². The normalized spacial score (nSPS) is 17.6. The van der Waals surface area contributed by atoms with E-state index in [1.54, 1.807) is 6.20 Å². The van der Waals surface area contributed by atoms with Crippen molar-refractivity contribution in [3.63, 3.8) is 0 Å². The van der Waals surface area contributed by atoms with Crippen LogP contribution >= 0.6 is 0 Å². The zero-order valence-electron chi connectivity index (χ0n) is 14.2. The largest absolute Gasteiger partial charge is 0.461 e. The maximum Gasteiger partial charge on any atom is 0.322 e. The first-order chi connectivity index (χ1) is 12.2. The molecule has 128 valence electrons. The van der Waals surface area contributed by atoms with Gasteiger partial charge in [0.15, 0.2) is 0 Å². The molecule has 2 aromatic heterocycles. The van der Waals surface area contributed by atoms with Gasteiger partial charge in [-0.2, -0.15) is 0 Å². The van der Waals surface area contributed by atoms with Crippen molar-refractivity contribution >= 4 is 22.7 Å². The van der Waals surface area contributed by atoms with Crippen LogP contribution in [-0.2, 0) is 0 Å². The predicted molar refractivity (Wildman–Crippen MR) is 97.5 cm³/mol. The summed E-state index contributed by atoms with van der Waals surface area (Å²) in [6.07, 6.45) is 4.88. The number of benzene rings is 1. The molecule has 0 spiro atoms. The Balaban J connectivity index is 1.55. The third-order valence-electron chi connectivity index (χ3n) is 4.68. The number of furan rings is 1. The number of amides is 2. The number of hydrogen-bond donors (Lipinski definition) is 1. The summed E-state index contributed by atoms with van der Waals surface area (Å²) in [6, 6.07) is 13.5. The summed E-state index contributed by atoms with van der Waals surface area (Å²) in [5, 5.41) is 4.03. The number of aromatic nitrogens is 1. The Kier molecular flexibility index (Phi) is 4.14. The van der Waals surface area contributed by atoms with Crippen LogP contribution in [0.25, 0.3) is 11.0 Å². The Morgan fingerprint density at radius 2 is 2.16 bits per heavy atom. The van der Waals surface area contributed by atoms with Gasteiger partial charge in [-0.15, -0.1) is 0 Å². The molecule has 5 nitrogen and oxygen atoms in total. The average molecular weight is 335 g/mol. The maximum absolute atomic E-state index is 12.9. The molecule has 1 N–H and O–H groups in total. The maximum atomic E-state index is 12.9. The standard InChI is InChI=1S/C20H21N3O2/c1-14-12-15-13-16(8-9-19(15)25-14)22-20(24)23-11-5-3-7-18(23)17-6-2-4-10-21-17/h2,4,6,8-10,12-13,18H,3,5,7,11H2,1H3,(H,22,24)/t18-/m1/s1. The van der Waals surface area contributed by atoms with Crippen LogP contribution < -0.4 is 5.32 Å². The van der Waals surface area contributed by atoms with Gasteiger partial charge >= 0.3 is 6.03 Å². The first-order valence-electron chi connectivity index (χ1n) is 8.69. The van der Waals surface area contributed by atoms with Crippen LogP contribution in [0.5, 0.6) is 0 Å². The van der Waals surface area contributed by atoms with E-state index in [9.17, 15) is 4.79 Å². The summed E-state index contributed by atoms with van der Waals surface area (Å²) in [5.74, 6) is 0.865. The van der Waals surface area contributed by atoms with Crippen LogP contribution in [-0.4, -0.2) is 22.5 Å². The van der Waals surface area contributed by atoms with Gasteiger partial charge in [0.1, 0.15) is 11.3 Å². The lowest BCUT2D eigenvalue weighted by Crippen LogP contribution is -2.41. The van der Waals surface area contributed by atoms with E-state index in [2.05, 4.69) is 10.3 Å². The highest BCUT2D eigenvalue weighted by Crippen LogP contribution is 2.30. The second kappa shape index (κ2) is 6.59. The Bertz CT molecular complexity index is 888. The molecule has 3 aromatic rings. The lowest BCUT2D eigenvalue weighted by atomic mass is 9.99. The van der Waals surface area contributed by atoms with E-state index in [0.717, 1.165) is 53.9 Å². The number of rotatable bonds is 2. The average Bonchev–Trinajstić information content (AvgIpc) is 3.02. The third kappa shape index (κ3) is 3.22. The molecule has 1 atom stereocenters. The van der Waals surface area contributed by atoms with Crippen molar-refractivity contribution in [3.8, 4) is 0 Å². The summed E-state index contributed by atoms with van der Waals surface area (Å²) < 4.78 is 5.59. The van der Waals surface area contributed by atoms with Crippen molar-refractivity contribution in [3.05, 3.63) is 60.1 Å². The van der Waals surface area contributed by atoms with Crippen molar-refractivity contribution in [1.82, 2.24) is 9.88 Å². The van der Waals surface area contributed by atoms with Crippen LogP contribution in [0, 0.1) is 6.92 Å². The Hall–Kier alpha value is -2.82. The van der Waals surface area contributed by atoms with E-state index in [-0.39, 0.29) is 12.1 Å². The van der Waals surface area contributed by atoms with Crippen LogP contribution in [0.15, 0.2) is 53.1 Å². The number of carbonyl (C=O) groups is 1. The molecule has 0 saturated carbocycles. The van der Waals surface area contributed by atoms with Gasteiger partial charge in [-0.05, 0) is 62.6 Å². The summed E-state index contributed by atoms with van der Waals surface area (Å²) in [6.45, 7) is 2.67. The van der Waals surface area contributed by atoms with Gasteiger partial charge in [-0.25, -0.2) is 4.79 Å². The second-order valence-electron chi connectivity index (χ2n) is 6.50. The molecule has 25 heavy (non-hydrogen) atoms. The van der Waals surface area contributed by atoms with Crippen molar-refractivity contribution in [2.24, 2.45) is 0 Å². The van der Waals surface area contributed by atoms with E-state index in [0.29, 0.717) is 0 Å². The number of pyridine rings is 1. The van der Waals surface area contributed by atoms with Gasteiger partial charge in [0.25, 0.3) is 0 Å². The van der Waals surface area contributed by atoms with Crippen LogP contribution in [0.4, 0.5) is 10.5 Å². The molecular weight excluding hydrogens is 314 g/mol. The molecular formula is C20H21N3O2. The molecule has 1 saturated heterocycles.